The van der Waals surface area contributed by atoms with Gasteiger partial charge in [0, 0.05) is 23.7 Å². The second-order valence-electron chi connectivity index (χ2n) is 6.82. The molecule has 10 nitrogen and oxygen atoms in total. The molecule has 12 heteroatoms. The fraction of sp³-hybridized carbons (Fsp3) is 0.350. The number of hydrogen-bond donors (Lipinski definition) is 3. The summed E-state index contributed by atoms with van der Waals surface area (Å²) in [4.78, 5) is 36.3. The van der Waals surface area contributed by atoms with Crippen LogP contribution in [0.4, 0.5) is 14.2 Å². The molecular weight excluding hydrogens is 441 g/mol. The third kappa shape index (κ3) is 5.92. The summed E-state index contributed by atoms with van der Waals surface area (Å²) in [6, 6.07) is 5.33. The third-order valence-electron chi connectivity index (χ3n) is 4.38. The van der Waals surface area contributed by atoms with Gasteiger partial charge in [0.15, 0.2) is 5.56 Å². The number of nitrogens with one attached hydrogen (secondary N) is 3. The molecule has 1 heterocycles. The van der Waals surface area contributed by atoms with Crippen molar-refractivity contribution in [2.45, 2.75) is 31.9 Å². The van der Waals surface area contributed by atoms with Crippen molar-refractivity contribution in [1.82, 2.24) is 15.0 Å². The first-order valence-corrected chi connectivity index (χ1v) is 10.4. The molecule has 3 amide bonds. The van der Waals surface area contributed by atoms with Gasteiger partial charge in [0.25, 0.3) is 5.91 Å². The molecule has 0 saturated heterocycles. The lowest BCUT2D eigenvalue weighted by Crippen LogP contribution is -2.29. The second-order valence-corrected chi connectivity index (χ2v) is 7.59. The maximum atomic E-state index is 14.3. The maximum absolute atomic E-state index is 14.3. The normalized spacial score (nSPS) is 12.4. The van der Waals surface area contributed by atoms with E-state index in [0.717, 1.165) is 31.5 Å². The summed E-state index contributed by atoms with van der Waals surface area (Å²) in [5.74, 6) is -1.84. The molecule has 1 aliphatic rings. The zero-order valence-electron chi connectivity index (χ0n) is 17.1. The molecule has 32 heavy (non-hydrogen) atoms. The van der Waals surface area contributed by atoms with Crippen molar-refractivity contribution >= 4 is 34.4 Å². The van der Waals surface area contributed by atoms with Gasteiger partial charge >= 0.3 is 12.0 Å². The van der Waals surface area contributed by atoms with Gasteiger partial charge in [-0.3, -0.25) is 10.1 Å². The molecule has 1 aromatic heterocycles. The zero-order chi connectivity index (χ0) is 23.1. The van der Waals surface area contributed by atoms with Crippen LogP contribution in [0, 0.1) is 17.1 Å². The molecule has 0 bridgehead atoms. The number of anilines is 1. The Morgan fingerprint density at radius 1 is 1.34 bits per heavy atom. The molecule has 0 spiro atoms. The minimum Gasteiger partial charge on any atom is -0.471 e. The summed E-state index contributed by atoms with van der Waals surface area (Å²) in [5.41, 5.74) is 0.261. The number of esters is 1. The number of methoxy groups -OCH3 is 1. The summed E-state index contributed by atoms with van der Waals surface area (Å²) in [5, 5.41) is 16.3. The number of nitriles is 1. The molecule has 0 atom stereocenters. The number of carbonyl (C=O) groups is 3. The Hall–Kier alpha value is -3.72. The first kappa shape index (κ1) is 23.0. The number of benzene rings is 1. The average molecular weight is 461 g/mol. The van der Waals surface area contributed by atoms with Crippen LogP contribution in [0.3, 0.4) is 0 Å². The van der Waals surface area contributed by atoms with Gasteiger partial charge in [-0.1, -0.05) is 0 Å². The first-order chi connectivity index (χ1) is 15.4. The number of amides is 3. The number of rotatable bonds is 9. The number of halogens is 1. The van der Waals surface area contributed by atoms with Crippen molar-refractivity contribution in [2.24, 2.45) is 0 Å². The van der Waals surface area contributed by atoms with Gasteiger partial charge in [-0.05, 0) is 42.6 Å². The lowest BCUT2D eigenvalue weighted by Gasteiger charge is -2.10. The monoisotopic (exact) mass is 461 g/mol. The molecule has 1 aromatic carbocycles. The number of nitrogens with zero attached hydrogens (tertiary/aromatic N) is 2. The van der Waals surface area contributed by atoms with Crippen LogP contribution in [0.5, 0.6) is 5.88 Å². The second kappa shape index (κ2) is 10.5. The highest BCUT2D eigenvalue weighted by atomic mass is 32.1. The topological polar surface area (TPSA) is 142 Å². The van der Waals surface area contributed by atoms with Crippen molar-refractivity contribution in [2.75, 3.05) is 19.0 Å². The van der Waals surface area contributed by atoms with E-state index < -0.39 is 17.8 Å². The smallest absolute Gasteiger partial charge is 0.346 e. The van der Waals surface area contributed by atoms with Crippen LogP contribution in [-0.4, -0.2) is 42.0 Å². The van der Waals surface area contributed by atoms with Crippen LogP contribution in [-0.2, 0) is 11.3 Å². The van der Waals surface area contributed by atoms with Crippen molar-refractivity contribution in [3.63, 3.8) is 0 Å². The summed E-state index contributed by atoms with van der Waals surface area (Å²) < 4.78 is 28.5. The van der Waals surface area contributed by atoms with Gasteiger partial charge in [0.1, 0.15) is 17.4 Å². The highest BCUT2D eigenvalue weighted by Crippen LogP contribution is 2.32. The van der Waals surface area contributed by atoms with Crippen LogP contribution in [0.25, 0.3) is 0 Å². The van der Waals surface area contributed by atoms with E-state index in [2.05, 4.69) is 20.3 Å². The molecule has 0 aliphatic heterocycles. The van der Waals surface area contributed by atoms with Crippen LogP contribution < -0.4 is 20.7 Å². The lowest BCUT2D eigenvalue weighted by atomic mass is 10.1. The van der Waals surface area contributed by atoms with Gasteiger partial charge in [0.05, 0.1) is 19.6 Å². The lowest BCUT2D eigenvalue weighted by molar-refractivity contribution is 0.0596. The molecule has 1 fully saturated rings. The molecule has 3 rings (SSSR count). The van der Waals surface area contributed by atoms with E-state index in [0.29, 0.717) is 5.56 Å². The van der Waals surface area contributed by atoms with Gasteiger partial charge in [0.2, 0.25) is 5.88 Å². The van der Waals surface area contributed by atoms with Gasteiger partial charge in [-0.2, -0.15) is 9.64 Å². The number of hydrogen-bond acceptors (Lipinski definition) is 8. The Morgan fingerprint density at radius 3 is 2.81 bits per heavy atom. The van der Waals surface area contributed by atoms with Crippen molar-refractivity contribution in [1.29, 1.82) is 5.26 Å². The molecule has 2 aromatic rings. The number of aromatic nitrogens is 1. The first-order valence-electron chi connectivity index (χ1n) is 9.64. The Kier molecular flexibility index (Phi) is 7.56. The predicted octanol–water partition coefficient (Wildman–Crippen LogP) is 2.58. The predicted molar refractivity (Wildman–Crippen MR) is 112 cm³/mol. The summed E-state index contributed by atoms with van der Waals surface area (Å²) in [7, 11) is 1.15. The molecule has 0 unspecified atom stereocenters. The minimum absolute atomic E-state index is 0.0688. The van der Waals surface area contributed by atoms with E-state index in [9.17, 15) is 18.8 Å². The van der Waals surface area contributed by atoms with Crippen molar-refractivity contribution in [3.8, 4) is 11.9 Å². The van der Waals surface area contributed by atoms with Crippen LogP contribution in [0.2, 0.25) is 0 Å². The van der Waals surface area contributed by atoms with E-state index >= 15 is 0 Å². The minimum atomic E-state index is -0.806. The van der Waals surface area contributed by atoms with Crippen LogP contribution >= 0.6 is 11.5 Å². The molecule has 3 N–H and O–H groups in total. The summed E-state index contributed by atoms with van der Waals surface area (Å²) in [6.45, 7) is -0.181. The molecule has 1 aliphatic carbocycles. The molecule has 168 valence electrons. The summed E-state index contributed by atoms with van der Waals surface area (Å²) >= 11 is 0.778. The van der Waals surface area contributed by atoms with Crippen molar-refractivity contribution < 1.29 is 28.2 Å². The number of carbonyl (C=O) groups excluding carboxylic acids is 3. The van der Waals surface area contributed by atoms with Gasteiger partial charge in [-0.25, -0.2) is 14.0 Å². The number of ether oxygens (including phenoxy) is 2. The van der Waals surface area contributed by atoms with E-state index in [1.165, 1.54) is 18.2 Å². The Labute approximate surface area is 186 Å². The van der Waals surface area contributed by atoms with E-state index in [-0.39, 0.29) is 53.5 Å². The zero-order valence-corrected chi connectivity index (χ0v) is 17.9. The molecule has 0 radical (unpaired) electrons. The maximum Gasteiger partial charge on any atom is 0.346 e. The fourth-order valence-corrected chi connectivity index (χ4v) is 3.31. The largest absolute Gasteiger partial charge is 0.471 e. The van der Waals surface area contributed by atoms with E-state index in [1.807, 2.05) is 6.07 Å². The Bertz CT molecular complexity index is 1060. The molecular formula is C20H20FN5O5S. The van der Waals surface area contributed by atoms with Gasteiger partial charge in [-0.15, -0.1) is 0 Å². The average Bonchev–Trinajstić information content (AvgIpc) is 3.51. The SMILES string of the molecule is COC(=O)c1c(OCc2cc(C(=O)NC3CC3)ccc2F)nsc1NC(=O)NCCC#N. The number of urea groups is 1. The standard InChI is InChI=1S/C20H20FN5O5S/c1-30-19(28)15-17(26-32-18(15)25-20(29)23-8-2-7-22)31-10-12-9-11(3-6-14(12)21)16(27)24-13-4-5-13/h3,6,9,13H,2,4-5,8,10H2,1H3,(H,24,27)(H2,23,25,29). The molecule has 1 saturated carbocycles. The third-order valence-corrected chi connectivity index (χ3v) is 5.13. The Morgan fingerprint density at radius 2 is 2.12 bits per heavy atom. The Balaban J connectivity index is 1.72. The van der Waals surface area contributed by atoms with E-state index in [4.69, 9.17) is 14.7 Å². The van der Waals surface area contributed by atoms with Crippen LogP contribution in [0.15, 0.2) is 18.2 Å². The van der Waals surface area contributed by atoms with Crippen molar-refractivity contribution in [3.05, 3.63) is 40.7 Å². The highest BCUT2D eigenvalue weighted by Gasteiger charge is 2.26. The van der Waals surface area contributed by atoms with E-state index in [1.54, 1.807) is 0 Å². The highest BCUT2D eigenvalue weighted by molar-refractivity contribution is 7.11. The van der Waals surface area contributed by atoms with Gasteiger partial charge < -0.3 is 20.1 Å². The quantitative estimate of drug-likeness (QED) is 0.385. The fourth-order valence-electron chi connectivity index (χ4n) is 2.59. The van der Waals surface area contributed by atoms with Crippen LogP contribution in [0.1, 0.15) is 45.5 Å². The summed E-state index contributed by atoms with van der Waals surface area (Å²) in [6.07, 6.45) is 1.98.